The highest BCUT2D eigenvalue weighted by Gasteiger charge is 2.42. The molecule has 0 bridgehead atoms. The van der Waals surface area contributed by atoms with Crippen molar-refractivity contribution >= 4 is 17.8 Å². The minimum Gasteiger partial charge on any atom is -0.388 e. The zero-order chi connectivity index (χ0) is 21.5. The highest BCUT2D eigenvalue weighted by Crippen LogP contribution is 2.41. The van der Waals surface area contributed by atoms with Crippen LogP contribution in [0.3, 0.4) is 0 Å². The van der Waals surface area contributed by atoms with Gasteiger partial charge in [-0.15, -0.1) is 0 Å². The van der Waals surface area contributed by atoms with E-state index in [0.29, 0.717) is 6.54 Å². The van der Waals surface area contributed by atoms with Crippen molar-refractivity contribution in [2.24, 2.45) is 4.99 Å². The number of nitrogens with zero attached hydrogens (tertiary/aromatic N) is 3. The molecule has 1 fully saturated rings. The van der Waals surface area contributed by atoms with Crippen LogP contribution in [0.1, 0.15) is 24.3 Å². The molecule has 0 aliphatic carbocycles. The van der Waals surface area contributed by atoms with Crippen molar-refractivity contribution in [1.29, 1.82) is 0 Å². The lowest BCUT2D eigenvalue weighted by Gasteiger charge is -2.26. The number of hydrogen-bond donors (Lipinski definition) is 3. The topological polar surface area (TPSA) is 82.2 Å². The molecule has 2 aliphatic rings. The van der Waals surface area contributed by atoms with E-state index in [0.717, 1.165) is 28.2 Å². The number of hydrogen-bond acceptors (Lipinski definition) is 6. The van der Waals surface area contributed by atoms with Gasteiger partial charge in [0.05, 0.1) is 18.3 Å². The third-order valence-corrected chi connectivity index (χ3v) is 5.92. The van der Waals surface area contributed by atoms with Crippen LogP contribution in [-0.4, -0.2) is 44.4 Å². The summed E-state index contributed by atoms with van der Waals surface area (Å²) in [5.74, 6) is 0.729. The van der Waals surface area contributed by atoms with Crippen molar-refractivity contribution in [2.75, 3.05) is 5.43 Å². The number of hydrazine groups is 1. The Balaban J connectivity index is 1.54. The molecule has 2 aromatic carbocycles. The van der Waals surface area contributed by atoms with E-state index in [9.17, 15) is 10.2 Å². The minimum absolute atomic E-state index is 0.454. The van der Waals surface area contributed by atoms with Gasteiger partial charge in [0.25, 0.3) is 0 Å². The Labute approximate surface area is 181 Å². The zero-order valence-corrected chi connectivity index (χ0v) is 17.5. The lowest BCUT2D eigenvalue weighted by Crippen LogP contribution is -2.31. The average Bonchev–Trinajstić information content (AvgIpc) is 3.27. The molecule has 7 nitrogen and oxygen atoms in total. The van der Waals surface area contributed by atoms with Crippen molar-refractivity contribution < 1.29 is 14.9 Å². The van der Waals surface area contributed by atoms with Crippen LogP contribution in [0.2, 0.25) is 0 Å². The zero-order valence-electron chi connectivity index (χ0n) is 17.5. The lowest BCUT2D eigenvalue weighted by molar-refractivity contribution is -0.0308. The first-order valence-corrected chi connectivity index (χ1v) is 10.5. The molecule has 3 N–H and O–H groups in total. The van der Waals surface area contributed by atoms with E-state index in [1.54, 1.807) is 13.3 Å². The summed E-state index contributed by atoms with van der Waals surface area (Å²) >= 11 is 0. The molecule has 3 aromatic rings. The van der Waals surface area contributed by atoms with Crippen molar-refractivity contribution in [2.45, 2.75) is 44.9 Å². The van der Waals surface area contributed by atoms with Crippen LogP contribution in [0.5, 0.6) is 0 Å². The summed E-state index contributed by atoms with van der Waals surface area (Å²) in [6.07, 6.45) is 0.611. The van der Waals surface area contributed by atoms with Gasteiger partial charge in [-0.3, -0.25) is 10.4 Å². The summed E-state index contributed by atoms with van der Waals surface area (Å²) in [6.45, 7) is 4.41. The number of aryl methyl sites for hydroxylation is 1. The largest absolute Gasteiger partial charge is 0.388 e. The summed E-state index contributed by atoms with van der Waals surface area (Å²) in [5, 5.41) is 22.7. The van der Waals surface area contributed by atoms with Crippen LogP contribution in [0.15, 0.2) is 65.8 Å². The number of nitrogens with one attached hydrogen (secondary N) is 1. The van der Waals surface area contributed by atoms with Gasteiger partial charge in [-0.1, -0.05) is 48.0 Å². The Hall–Kier alpha value is -3.13. The van der Waals surface area contributed by atoms with Crippen molar-refractivity contribution in [3.63, 3.8) is 0 Å². The number of aliphatic hydroxyl groups excluding tert-OH is 2. The van der Waals surface area contributed by atoms with Gasteiger partial charge in [0, 0.05) is 17.3 Å². The number of rotatable bonds is 4. The molecule has 0 amide bonds. The molecule has 0 unspecified atom stereocenters. The number of ether oxygens (including phenoxy) is 1. The SMILES string of the molecule is Cc1ccc(-c2cn([C@@H]3O[C@H](C)[C@@H](O)[C@H]3O)c3c2CN(Nc2ccccc2)C=N3)cc1. The van der Waals surface area contributed by atoms with E-state index < -0.39 is 24.5 Å². The van der Waals surface area contributed by atoms with E-state index in [-0.39, 0.29) is 0 Å². The van der Waals surface area contributed by atoms with Crippen LogP contribution < -0.4 is 5.43 Å². The second-order valence-corrected chi connectivity index (χ2v) is 8.18. The van der Waals surface area contributed by atoms with Crippen molar-refractivity contribution in [1.82, 2.24) is 9.58 Å². The highest BCUT2D eigenvalue weighted by atomic mass is 16.6. The maximum absolute atomic E-state index is 10.6. The fourth-order valence-electron chi connectivity index (χ4n) is 4.17. The van der Waals surface area contributed by atoms with Crippen LogP contribution in [0, 0.1) is 6.92 Å². The van der Waals surface area contributed by atoms with Gasteiger partial charge in [0.1, 0.15) is 24.4 Å². The number of fused-ring (bicyclic) bond motifs is 1. The predicted molar refractivity (Wildman–Crippen MR) is 120 cm³/mol. The van der Waals surface area contributed by atoms with E-state index in [4.69, 9.17) is 9.73 Å². The summed E-state index contributed by atoms with van der Waals surface area (Å²) in [6, 6.07) is 18.3. The molecular formula is C24H26N4O3. The van der Waals surface area contributed by atoms with Crippen LogP contribution in [0.25, 0.3) is 11.1 Å². The van der Waals surface area contributed by atoms with Gasteiger partial charge in [0.2, 0.25) is 0 Å². The number of aliphatic hydroxyl groups is 2. The molecule has 3 heterocycles. The Morgan fingerprint density at radius 1 is 1.03 bits per heavy atom. The molecule has 1 saturated heterocycles. The normalized spacial score (nSPS) is 25.0. The summed E-state index contributed by atoms with van der Waals surface area (Å²) in [7, 11) is 0. The number of benzene rings is 2. The number of para-hydroxylation sites is 1. The smallest absolute Gasteiger partial charge is 0.164 e. The predicted octanol–water partition coefficient (Wildman–Crippen LogP) is 3.61. The Morgan fingerprint density at radius 3 is 2.45 bits per heavy atom. The first-order chi connectivity index (χ1) is 15.0. The Kier molecular flexibility index (Phi) is 5.02. The van der Waals surface area contributed by atoms with Crippen LogP contribution >= 0.6 is 0 Å². The first-order valence-electron chi connectivity index (χ1n) is 10.5. The third-order valence-electron chi connectivity index (χ3n) is 5.92. The first kappa shape index (κ1) is 19.8. The van der Waals surface area contributed by atoms with E-state index in [1.165, 1.54) is 5.56 Å². The lowest BCUT2D eigenvalue weighted by atomic mass is 10.0. The van der Waals surface area contributed by atoms with Crippen molar-refractivity contribution in [3.8, 4) is 11.1 Å². The minimum atomic E-state index is -1.02. The molecule has 0 saturated carbocycles. The van der Waals surface area contributed by atoms with Crippen molar-refractivity contribution in [3.05, 3.63) is 71.9 Å². The second-order valence-electron chi connectivity index (χ2n) is 8.18. The quantitative estimate of drug-likeness (QED) is 0.603. The Morgan fingerprint density at radius 2 is 1.77 bits per heavy atom. The molecular weight excluding hydrogens is 392 g/mol. The van der Waals surface area contributed by atoms with Gasteiger partial charge >= 0.3 is 0 Å². The van der Waals surface area contributed by atoms with Gasteiger partial charge in [-0.25, -0.2) is 4.99 Å². The third kappa shape index (κ3) is 3.61. The number of anilines is 1. The van der Waals surface area contributed by atoms with Gasteiger partial charge in [-0.2, -0.15) is 0 Å². The average molecular weight is 418 g/mol. The van der Waals surface area contributed by atoms with E-state index in [1.807, 2.05) is 46.1 Å². The number of aliphatic imine (C=N–C) groups is 1. The monoisotopic (exact) mass is 418 g/mol. The van der Waals surface area contributed by atoms with E-state index >= 15 is 0 Å². The summed E-state index contributed by atoms with van der Waals surface area (Å²) in [4.78, 5) is 4.69. The fraction of sp³-hybridized carbons (Fsp3) is 0.292. The molecule has 5 rings (SSSR count). The molecule has 1 aromatic heterocycles. The standard InChI is InChI=1S/C24H26N4O3/c1-15-8-10-17(11-9-15)19-13-28(24-22(30)21(29)16(2)31-24)23-20(19)12-27(14-25-23)26-18-6-4-3-5-7-18/h3-11,13-14,16,21-22,24,26,29-30H,12H2,1-2H3/t16-,21-,22-,24-/m1/s1. The molecule has 0 radical (unpaired) electrons. The second kappa shape index (κ2) is 7.85. The highest BCUT2D eigenvalue weighted by molar-refractivity contribution is 5.77. The molecule has 7 heteroatoms. The Bertz CT molecular complexity index is 1090. The van der Waals surface area contributed by atoms with Gasteiger partial charge in [0.15, 0.2) is 6.23 Å². The van der Waals surface area contributed by atoms with E-state index in [2.05, 4.69) is 36.6 Å². The maximum atomic E-state index is 10.6. The van der Waals surface area contributed by atoms with Crippen LogP contribution in [0.4, 0.5) is 11.5 Å². The molecule has 2 aliphatic heterocycles. The molecule has 160 valence electrons. The van der Waals surface area contributed by atoms with Gasteiger partial charge in [-0.05, 0) is 31.5 Å². The molecule has 31 heavy (non-hydrogen) atoms. The maximum Gasteiger partial charge on any atom is 0.164 e. The van der Waals surface area contributed by atoms with Crippen LogP contribution in [-0.2, 0) is 11.3 Å². The van der Waals surface area contributed by atoms with Gasteiger partial charge < -0.3 is 19.5 Å². The fourth-order valence-corrected chi connectivity index (χ4v) is 4.17. The summed E-state index contributed by atoms with van der Waals surface area (Å²) < 4.78 is 7.73. The molecule has 0 spiro atoms. The summed E-state index contributed by atoms with van der Waals surface area (Å²) in [5.41, 5.74) is 8.65. The molecule has 4 atom stereocenters. The number of aromatic nitrogens is 1.